The molecule has 1 atom stereocenters. The molecule has 160 valence electrons. The molecule has 0 radical (unpaired) electrons. The molecule has 6 nitrogen and oxygen atoms in total. The van der Waals surface area contributed by atoms with E-state index in [1.165, 1.54) is 0 Å². The van der Waals surface area contributed by atoms with E-state index in [-0.39, 0.29) is 36.6 Å². The maximum atomic E-state index is 12.4. The predicted molar refractivity (Wildman–Crippen MR) is 114 cm³/mol. The molecule has 2 N–H and O–H groups in total. The van der Waals surface area contributed by atoms with Crippen molar-refractivity contribution < 1.29 is 22.7 Å². The maximum Gasteiger partial charge on any atom is 0.406 e. The number of aryl methyl sites for hydroxylation is 1. The molecule has 1 aromatic carbocycles. The fraction of sp³-hybridized carbons (Fsp3) is 0.556. The molecular formula is C18H28F3IN4O2. The first-order valence-corrected chi connectivity index (χ1v) is 8.57. The van der Waals surface area contributed by atoms with Gasteiger partial charge in [0.15, 0.2) is 5.96 Å². The number of hydrogen-bond acceptors (Lipinski definition) is 3. The van der Waals surface area contributed by atoms with Crippen LogP contribution in [-0.4, -0.2) is 56.7 Å². The van der Waals surface area contributed by atoms with Crippen LogP contribution in [0.25, 0.3) is 0 Å². The number of likely N-dealkylation sites (N-methyl/N-ethyl adjacent to an activating group) is 1. The lowest BCUT2D eigenvalue weighted by molar-refractivity contribution is -0.157. The summed E-state index contributed by atoms with van der Waals surface area (Å²) < 4.78 is 42.5. The van der Waals surface area contributed by atoms with Crippen LogP contribution in [0.4, 0.5) is 13.2 Å². The van der Waals surface area contributed by atoms with Crippen LogP contribution in [0.15, 0.2) is 23.2 Å². The Morgan fingerprint density at radius 3 is 2.54 bits per heavy atom. The average Bonchev–Trinajstić information content (AvgIpc) is 2.57. The van der Waals surface area contributed by atoms with Crippen molar-refractivity contribution in [2.45, 2.75) is 33.0 Å². The van der Waals surface area contributed by atoms with Gasteiger partial charge in [0, 0.05) is 19.2 Å². The lowest BCUT2D eigenvalue weighted by atomic mass is 10.0. The summed E-state index contributed by atoms with van der Waals surface area (Å²) in [6.07, 6.45) is -4.44. The summed E-state index contributed by atoms with van der Waals surface area (Å²) in [7, 11) is 2.68. The third-order valence-corrected chi connectivity index (χ3v) is 3.76. The van der Waals surface area contributed by atoms with Crippen LogP contribution in [-0.2, 0) is 4.79 Å². The zero-order valence-electron chi connectivity index (χ0n) is 16.7. The fourth-order valence-electron chi connectivity index (χ4n) is 2.42. The molecule has 1 rings (SSSR count). The molecule has 1 aromatic rings. The van der Waals surface area contributed by atoms with Crippen LogP contribution in [0, 0.1) is 6.92 Å². The first-order valence-electron chi connectivity index (χ1n) is 8.57. The highest BCUT2D eigenvalue weighted by Gasteiger charge is 2.31. The largest absolute Gasteiger partial charge is 0.496 e. The Balaban J connectivity index is 0.00000729. The van der Waals surface area contributed by atoms with Gasteiger partial charge in [0.2, 0.25) is 5.91 Å². The first kappa shape index (κ1) is 26.3. The minimum Gasteiger partial charge on any atom is -0.496 e. The Morgan fingerprint density at radius 2 is 2.00 bits per heavy atom. The van der Waals surface area contributed by atoms with E-state index in [0.29, 0.717) is 23.2 Å². The molecule has 0 aliphatic rings. The van der Waals surface area contributed by atoms with Crippen LogP contribution in [0.5, 0.6) is 5.75 Å². The number of carbonyl (C=O) groups excluding carboxylic acids is 1. The lowest BCUT2D eigenvalue weighted by Crippen LogP contribution is -2.41. The number of ether oxygens (including phenoxy) is 1. The van der Waals surface area contributed by atoms with Gasteiger partial charge in [0.1, 0.15) is 18.8 Å². The molecule has 28 heavy (non-hydrogen) atoms. The van der Waals surface area contributed by atoms with Gasteiger partial charge in [-0.3, -0.25) is 4.79 Å². The van der Waals surface area contributed by atoms with E-state index in [9.17, 15) is 18.0 Å². The van der Waals surface area contributed by atoms with Gasteiger partial charge in [0.05, 0.1) is 13.2 Å². The number of benzene rings is 1. The molecule has 0 bridgehead atoms. The molecule has 0 aromatic heterocycles. The van der Waals surface area contributed by atoms with Crippen LogP contribution in [0.2, 0.25) is 0 Å². The second kappa shape index (κ2) is 12.0. The van der Waals surface area contributed by atoms with E-state index in [1.807, 2.05) is 39.0 Å². The van der Waals surface area contributed by atoms with Gasteiger partial charge in [-0.15, -0.1) is 24.0 Å². The van der Waals surface area contributed by atoms with Crippen molar-refractivity contribution in [2.24, 2.45) is 4.99 Å². The minimum atomic E-state index is -4.44. The Labute approximate surface area is 180 Å². The van der Waals surface area contributed by atoms with E-state index >= 15 is 0 Å². The number of guanidine groups is 1. The number of carbonyl (C=O) groups is 1. The van der Waals surface area contributed by atoms with Crippen molar-refractivity contribution in [1.29, 1.82) is 0 Å². The molecule has 0 aliphatic carbocycles. The van der Waals surface area contributed by atoms with Gasteiger partial charge in [-0.2, -0.15) is 13.2 Å². The monoisotopic (exact) mass is 516 g/mol. The van der Waals surface area contributed by atoms with Gasteiger partial charge in [-0.1, -0.05) is 17.7 Å². The summed E-state index contributed by atoms with van der Waals surface area (Å²) in [6, 6.07) is 5.58. The van der Waals surface area contributed by atoms with E-state index < -0.39 is 18.6 Å². The number of rotatable bonds is 7. The molecule has 0 fully saturated rings. The molecule has 1 unspecified atom stereocenters. The number of halogens is 4. The van der Waals surface area contributed by atoms with Crippen LogP contribution in [0.3, 0.4) is 0 Å². The summed E-state index contributed by atoms with van der Waals surface area (Å²) in [4.78, 5) is 16.6. The quantitative estimate of drug-likeness (QED) is 0.332. The number of aliphatic imine (C=N–C) groups is 1. The van der Waals surface area contributed by atoms with Crippen molar-refractivity contribution in [3.63, 3.8) is 0 Å². The zero-order chi connectivity index (χ0) is 20.6. The van der Waals surface area contributed by atoms with Crippen molar-refractivity contribution >= 4 is 35.8 Å². The highest BCUT2D eigenvalue weighted by atomic mass is 127. The molecule has 0 spiro atoms. The first-order chi connectivity index (χ1) is 12.6. The number of methoxy groups -OCH3 is 1. The normalized spacial score (nSPS) is 12.6. The summed E-state index contributed by atoms with van der Waals surface area (Å²) in [5, 5.41) is 6.13. The Morgan fingerprint density at radius 1 is 1.36 bits per heavy atom. The molecular weight excluding hydrogens is 488 g/mol. The zero-order valence-corrected chi connectivity index (χ0v) is 19.0. The predicted octanol–water partition coefficient (Wildman–Crippen LogP) is 3.26. The standard InChI is InChI=1S/C18H27F3N4O2.HI/c1-6-22-17(23-10-16(26)25(4)11-18(19,20)21)24-13(3)14-9-12(2)7-8-15(14)27-5;/h7-9,13H,6,10-11H2,1-5H3,(H2,22,23,24);1H. The highest BCUT2D eigenvalue weighted by molar-refractivity contribution is 14.0. The number of hydrogen-bond donors (Lipinski definition) is 2. The summed E-state index contributed by atoms with van der Waals surface area (Å²) in [5.74, 6) is 0.324. The summed E-state index contributed by atoms with van der Waals surface area (Å²) in [5.41, 5.74) is 1.97. The second-order valence-electron chi connectivity index (χ2n) is 6.17. The molecule has 1 amide bonds. The molecule has 0 aliphatic heterocycles. The number of amides is 1. The van der Waals surface area contributed by atoms with Crippen molar-refractivity contribution in [3.8, 4) is 5.75 Å². The maximum absolute atomic E-state index is 12.4. The van der Waals surface area contributed by atoms with E-state index in [0.717, 1.165) is 18.2 Å². The Hall–Kier alpha value is -1.72. The summed E-state index contributed by atoms with van der Waals surface area (Å²) >= 11 is 0. The van der Waals surface area contributed by atoms with Gasteiger partial charge >= 0.3 is 6.18 Å². The van der Waals surface area contributed by atoms with Gasteiger partial charge < -0.3 is 20.3 Å². The van der Waals surface area contributed by atoms with Gasteiger partial charge in [0.25, 0.3) is 0 Å². The third-order valence-electron chi connectivity index (χ3n) is 3.76. The Kier molecular flexibility index (Phi) is 11.2. The number of nitrogens with zero attached hydrogens (tertiary/aromatic N) is 2. The highest BCUT2D eigenvalue weighted by Crippen LogP contribution is 2.26. The molecule has 0 heterocycles. The third kappa shape index (κ3) is 8.98. The van der Waals surface area contributed by atoms with E-state index in [4.69, 9.17) is 4.74 Å². The fourth-order valence-corrected chi connectivity index (χ4v) is 2.42. The number of nitrogens with one attached hydrogen (secondary N) is 2. The van der Waals surface area contributed by atoms with Crippen LogP contribution >= 0.6 is 24.0 Å². The smallest absolute Gasteiger partial charge is 0.406 e. The van der Waals surface area contributed by atoms with Crippen LogP contribution in [0.1, 0.15) is 31.0 Å². The average molecular weight is 516 g/mol. The second-order valence-corrected chi connectivity index (χ2v) is 6.17. The van der Waals surface area contributed by atoms with E-state index in [2.05, 4.69) is 15.6 Å². The van der Waals surface area contributed by atoms with Crippen molar-refractivity contribution in [1.82, 2.24) is 15.5 Å². The molecule has 10 heteroatoms. The van der Waals surface area contributed by atoms with Gasteiger partial charge in [-0.25, -0.2) is 4.99 Å². The molecule has 0 saturated carbocycles. The SMILES string of the molecule is CCNC(=NCC(=O)N(C)CC(F)(F)F)NC(C)c1cc(C)ccc1OC.I. The van der Waals surface area contributed by atoms with Crippen LogP contribution < -0.4 is 15.4 Å². The minimum absolute atomic E-state index is 0. The van der Waals surface area contributed by atoms with Gasteiger partial charge in [-0.05, 0) is 26.8 Å². The van der Waals surface area contributed by atoms with E-state index in [1.54, 1.807) is 7.11 Å². The summed E-state index contributed by atoms with van der Waals surface area (Å²) in [6.45, 7) is 4.57. The topological polar surface area (TPSA) is 66.0 Å². The van der Waals surface area contributed by atoms with Crippen molar-refractivity contribution in [2.75, 3.05) is 33.8 Å². The Bertz CT molecular complexity index is 669. The number of alkyl halides is 3. The van der Waals surface area contributed by atoms with Crippen molar-refractivity contribution in [3.05, 3.63) is 29.3 Å². The molecule has 0 saturated heterocycles. The lowest BCUT2D eigenvalue weighted by Gasteiger charge is -2.21.